The van der Waals surface area contributed by atoms with Crippen LogP contribution in [0.15, 0.2) is 97.2 Å². The van der Waals surface area contributed by atoms with E-state index < -0.39 is 57.7 Å². The van der Waals surface area contributed by atoms with E-state index in [2.05, 4.69) is 97.4 Å². The zero-order valence-electron chi connectivity index (χ0n) is 37.1. The van der Waals surface area contributed by atoms with Crippen molar-refractivity contribution in [3.8, 4) is 0 Å². The largest absolute Gasteiger partial charge is 0.480 e. The van der Waals surface area contributed by atoms with Crippen molar-refractivity contribution in [1.29, 1.82) is 0 Å². The zero-order chi connectivity index (χ0) is 45.1. The smallest absolute Gasteiger partial charge is 0.472 e. The molecule has 4 atom stereocenters. The van der Waals surface area contributed by atoms with Gasteiger partial charge in [-0.1, -0.05) is 137 Å². The highest BCUT2D eigenvalue weighted by atomic mass is 31.2. The van der Waals surface area contributed by atoms with Gasteiger partial charge in [-0.2, -0.15) is 0 Å². The van der Waals surface area contributed by atoms with Crippen LogP contribution in [0, 0.1) is 0 Å². The number of carboxylic acid groups (broad SMARTS) is 1. The highest BCUT2D eigenvalue weighted by Gasteiger charge is 2.28. The van der Waals surface area contributed by atoms with Crippen LogP contribution in [-0.2, 0) is 37.5 Å². The molecule has 2 unspecified atom stereocenters. The van der Waals surface area contributed by atoms with Crippen molar-refractivity contribution in [3.05, 3.63) is 97.2 Å². The molecule has 0 spiro atoms. The maximum absolute atomic E-state index is 12.6. The quantitative estimate of drug-likeness (QED) is 0.0197. The van der Waals surface area contributed by atoms with Crippen molar-refractivity contribution >= 4 is 25.7 Å². The predicted molar refractivity (Wildman–Crippen MR) is 246 cm³/mol. The molecule has 0 aliphatic heterocycles. The fraction of sp³-hybridized carbons (Fsp3) is 0.604. The molecule has 0 amide bonds. The molecule has 0 saturated carbocycles. The molecule has 0 saturated heterocycles. The Hall–Kier alpha value is -3.64. The molecule has 0 aromatic heterocycles. The molecule has 0 fully saturated rings. The minimum Gasteiger partial charge on any atom is -0.480 e. The number of rotatable bonds is 40. The number of hydrogen-bond acceptors (Lipinski definition) is 10. The Labute approximate surface area is 367 Å². The Morgan fingerprint density at radius 3 is 1.54 bits per heavy atom. The first kappa shape index (κ1) is 57.4. The fourth-order valence-electron chi connectivity index (χ4n) is 5.35. The number of ether oxygens (including phenoxy) is 2. The van der Waals surface area contributed by atoms with Gasteiger partial charge in [0.25, 0.3) is 0 Å². The summed E-state index contributed by atoms with van der Waals surface area (Å²) in [6.45, 7) is 2.46. The van der Waals surface area contributed by atoms with E-state index >= 15 is 0 Å². The highest BCUT2D eigenvalue weighted by Crippen LogP contribution is 2.43. The molecule has 0 heterocycles. The van der Waals surface area contributed by atoms with Crippen molar-refractivity contribution in [2.45, 2.75) is 167 Å². The van der Waals surface area contributed by atoms with E-state index in [1.54, 1.807) is 0 Å². The van der Waals surface area contributed by atoms with E-state index in [4.69, 9.17) is 24.8 Å². The first-order valence-electron chi connectivity index (χ1n) is 22.3. The van der Waals surface area contributed by atoms with Crippen LogP contribution >= 0.6 is 7.82 Å². The van der Waals surface area contributed by atoms with Crippen LogP contribution in [0.3, 0.4) is 0 Å². The second-order valence-corrected chi connectivity index (χ2v) is 16.1. The minimum absolute atomic E-state index is 0.0985. The Morgan fingerprint density at radius 2 is 1.03 bits per heavy atom. The third kappa shape index (κ3) is 41.5. The maximum Gasteiger partial charge on any atom is 0.472 e. The van der Waals surface area contributed by atoms with Gasteiger partial charge in [-0.05, 0) is 96.3 Å². The van der Waals surface area contributed by atoms with Gasteiger partial charge in [-0.15, -0.1) is 0 Å². The lowest BCUT2D eigenvalue weighted by atomic mass is 10.1. The van der Waals surface area contributed by atoms with Gasteiger partial charge in [0.2, 0.25) is 0 Å². The average molecular weight is 876 g/mol. The van der Waals surface area contributed by atoms with Crippen LogP contribution < -0.4 is 5.73 Å². The predicted octanol–water partition coefficient (Wildman–Crippen LogP) is 11.0. The summed E-state index contributed by atoms with van der Waals surface area (Å²) in [7, 11) is -4.75. The van der Waals surface area contributed by atoms with Gasteiger partial charge in [-0.3, -0.25) is 23.4 Å². The number of unbranched alkanes of at least 4 members (excludes halogenated alkanes) is 7. The van der Waals surface area contributed by atoms with E-state index in [-0.39, 0.29) is 18.9 Å². The van der Waals surface area contributed by atoms with Crippen molar-refractivity contribution in [1.82, 2.24) is 0 Å². The Balaban J connectivity index is 4.55. The summed E-state index contributed by atoms with van der Waals surface area (Å²) in [5, 5.41) is 18.6. The van der Waals surface area contributed by atoms with E-state index in [0.717, 1.165) is 77.0 Å². The van der Waals surface area contributed by atoms with E-state index in [1.807, 2.05) is 18.2 Å². The van der Waals surface area contributed by atoms with Gasteiger partial charge < -0.3 is 30.3 Å². The SMILES string of the molecule is CCCCC/C=C\C/C=C\C/C=C\C/C=C\CCCCCC(=O)O[C@H](COC(=O)CCC/C=C\C/C=C\C/C=C\C/C=C\CC(O)CCC)COP(=O)(O)OC[C@H](N)C(=O)O. The molecule has 0 aliphatic rings. The maximum atomic E-state index is 12.6. The highest BCUT2D eigenvalue weighted by molar-refractivity contribution is 7.47. The lowest BCUT2D eigenvalue weighted by Crippen LogP contribution is -2.34. The first-order chi connectivity index (χ1) is 29.5. The van der Waals surface area contributed by atoms with Crippen LogP contribution in [0.2, 0.25) is 0 Å². The molecular weight excluding hydrogens is 797 g/mol. The number of aliphatic carboxylic acids is 1. The Bertz CT molecular complexity index is 1420. The van der Waals surface area contributed by atoms with Gasteiger partial charge in [0.1, 0.15) is 12.6 Å². The molecule has 12 nitrogen and oxygen atoms in total. The number of nitrogens with two attached hydrogens (primary N) is 1. The zero-order valence-corrected chi connectivity index (χ0v) is 38.0. The minimum atomic E-state index is -4.75. The third-order valence-corrected chi connectivity index (χ3v) is 9.81. The third-order valence-electron chi connectivity index (χ3n) is 8.86. The first-order valence-corrected chi connectivity index (χ1v) is 23.8. The summed E-state index contributed by atoms with van der Waals surface area (Å²) in [5.41, 5.74) is 5.33. The second-order valence-electron chi connectivity index (χ2n) is 14.7. The number of aliphatic hydroxyl groups is 1. The van der Waals surface area contributed by atoms with Crippen molar-refractivity contribution < 1.29 is 52.6 Å². The molecule has 13 heteroatoms. The number of carboxylic acids is 1. The van der Waals surface area contributed by atoms with Crippen molar-refractivity contribution in [2.24, 2.45) is 5.73 Å². The molecule has 0 aromatic rings. The molecule has 346 valence electrons. The van der Waals surface area contributed by atoms with Crippen LogP contribution in [0.25, 0.3) is 0 Å². The standard InChI is InChI=1S/C48H78NO11P/c1-3-5-6-7-8-9-10-11-12-13-14-15-16-19-23-26-29-32-35-39-47(52)60-44(41-58-61(55,56)59-42-45(49)48(53)54)40-57-46(51)38-34-31-28-25-22-20-17-18-21-24-27-30-33-37-43(50)36-4-2/h8-9,11-12,14-15,17,19-21,23-25,28,30,33,43-45,50H,3-7,10,13,16,18,22,26-27,29,31-32,34-42,49H2,1-2H3,(H,53,54)(H,55,56)/b9-8-,12-11-,15-14-,20-17-,23-19-,24-21-,28-25-,33-30-/t43?,44-,45+/m1/s1. The number of esters is 2. The number of carbonyl (C=O) groups excluding carboxylic acids is 2. The van der Waals surface area contributed by atoms with Gasteiger partial charge in [0.05, 0.1) is 19.3 Å². The van der Waals surface area contributed by atoms with Gasteiger partial charge >= 0.3 is 25.7 Å². The summed E-state index contributed by atoms with van der Waals surface area (Å²) in [4.78, 5) is 46.0. The summed E-state index contributed by atoms with van der Waals surface area (Å²) in [5.74, 6) is -2.53. The Morgan fingerprint density at radius 1 is 0.574 bits per heavy atom. The molecule has 0 rings (SSSR count). The molecule has 0 aromatic carbocycles. The summed E-state index contributed by atoms with van der Waals surface area (Å²) < 4.78 is 32.6. The fourth-order valence-corrected chi connectivity index (χ4v) is 6.13. The van der Waals surface area contributed by atoms with Gasteiger partial charge in [-0.25, -0.2) is 4.57 Å². The van der Waals surface area contributed by atoms with Crippen LogP contribution in [0.4, 0.5) is 0 Å². The Kier molecular flexibility index (Phi) is 39.2. The van der Waals surface area contributed by atoms with E-state index in [1.165, 1.54) is 19.3 Å². The van der Waals surface area contributed by atoms with Crippen molar-refractivity contribution in [2.75, 3.05) is 19.8 Å². The van der Waals surface area contributed by atoms with Crippen LogP contribution in [-0.4, -0.2) is 71.1 Å². The molecule has 0 bridgehead atoms. The average Bonchev–Trinajstić information content (AvgIpc) is 3.23. The normalized spacial score (nSPS) is 15.1. The molecule has 0 radical (unpaired) electrons. The monoisotopic (exact) mass is 876 g/mol. The number of carbonyl (C=O) groups is 3. The molecule has 5 N–H and O–H groups in total. The molecular formula is C48H78NO11P. The number of allylic oxidation sites excluding steroid dienone is 15. The van der Waals surface area contributed by atoms with Crippen LogP contribution in [0.1, 0.15) is 149 Å². The number of aliphatic hydroxyl groups excluding tert-OH is 1. The van der Waals surface area contributed by atoms with E-state index in [9.17, 15) is 28.9 Å². The topological polar surface area (TPSA) is 192 Å². The number of hydrogen-bond donors (Lipinski definition) is 4. The second kappa shape index (κ2) is 41.7. The lowest BCUT2D eigenvalue weighted by molar-refractivity contribution is -0.161. The molecule has 0 aliphatic carbocycles. The lowest BCUT2D eigenvalue weighted by Gasteiger charge is -2.20. The summed E-state index contributed by atoms with van der Waals surface area (Å²) in [6, 6.07) is -1.55. The van der Waals surface area contributed by atoms with Crippen LogP contribution in [0.5, 0.6) is 0 Å². The van der Waals surface area contributed by atoms with E-state index in [0.29, 0.717) is 25.7 Å². The van der Waals surface area contributed by atoms with Crippen molar-refractivity contribution in [3.63, 3.8) is 0 Å². The number of phosphoric acid groups is 1. The molecule has 61 heavy (non-hydrogen) atoms. The number of phosphoric ester groups is 1. The summed E-state index contributed by atoms with van der Waals surface area (Å²) in [6.07, 6.45) is 49.7. The van der Waals surface area contributed by atoms with Gasteiger partial charge in [0.15, 0.2) is 6.10 Å². The van der Waals surface area contributed by atoms with Gasteiger partial charge in [0, 0.05) is 12.8 Å². The summed E-state index contributed by atoms with van der Waals surface area (Å²) >= 11 is 0.